The molecule has 4 nitrogen and oxygen atoms in total. The van der Waals surface area contributed by atoms with Crippen molar-refractivity contribution in [3.05, 3.63) is 11.9 Å². The van der Waals surface area contributed by atoms with Gasteiger partial charge in [0.05, 0.1) is 0 Å². The van der Waals surface area contributed by atoms with Crippen LogP contribution in [0, 0.1) is 0 Å². The SMILES string of the molecule is O=C(O)CCC=C(F)C(=O)O. The van der Waals surface area contributed by atoms with Crippen molar-refractivity contribution in [1.82, 2.24) is 0 Å². The van der Waals surface area contributed by atoms with Crippen LogP contribution in [0.15, 0.2) is 11.9 Å². The molecule has 0 saturated heterocycles. The highest BCUT2D eigenvalue weighted by Gasteiger charge is 2.04. The molecule has 0 aromatic rings. The van der Waals surface area contributed by atoms with Gasteiger partial charge in [-0.05, 0) is 12.5 Å². The van der Waals surface area contributed by atoms with Crippen LogP contribution in [-0.2, 0) is 9.59 Å². The number of hydrogen-bond donors (Lipinski definition) is 2. The van der Waals surface area contributed by atoms with Crippen LogP contribution in [0.3, 0.4) is 0 Å². The minimum absolute atomic E-state index is 0.104. The third-order valence-electron chi connectivity index (χ3n) is 0.886. The molecular formula is C6H7FO4. The molecule has 0 aromatic carbocycles. The first-order chi connectivity index (χ1) is 5.04. The summed E-state index contributed by atoms with van der Waals surface area (Å²) in [5.74, 6) is -4.07. The van der Waals surface area contributed by atoms with Crippen molar-refractivity contribution in [1.29, 1.82) is 0 Å². The molecule has 0 spiro atoms. The second kappa shape index (κ2) is 4.43. The number of carbonyl (C=O) groups is 2. The van der Waals surface area contributed by atoms with Crippen molar-refractivity contribution >= 4 is 11.9 Å². The Hall–Kier alpha value is -1.39. The first-order valence-electron chi connectivity index (χ1n) is 2.84. The van der Waals surface area contributed by atoms with Gasteiger partial charge in [0.25, 0.3) is 0 Å². The predicted molar refractivity (Wildman–Crippen MR) is 33.7 cm³/mol. The zero-order valence-corrected chi connectivity index (χ0v) is 5.58. The summed E-state index contributed by atoms with van der Waals surface area (Å²) in [6.07, 6.45) is 0.366. The second-order valence-electron chi connectivity index (χ2n) is 1.79. The minimum Gasteiger partial charge on any atom is -0.481 e. The average Bonchev–Trinajstić information content (AvgIpc) is 1.86. The Labute approximate surface area is 62.0 Å². The fourth-order valence-corrected chi connectivity index (χ4v) is 0.410. The number of aliphatic carboxylic acids is 2. The smallest absolute Gasteiger partial charge is 0.364 e. The van der Waals surface area contributed by atoms with Crippen LogP contribution in [0.2, 0.25) is 0 Å². The monoisotopic (exact) mass is 162 g/mol. The summed E-state index contributed by atoms with van der Waals surface area (Å²) in [4.78, 5) is 19.6. The van der Waals surface area contributed by atoms with E-state index in [1.807, 2.05) is 0 Å². The van der Waals surface area contributed by atoms with E-state index in [1.54, 1.807) is 0 Å². The molecule has 2 N–H and O–H groups in total. The lowest BCUT2D eigenvalue weighted by Crippen LogP contribution is -1.96. The van der Waals surface area contributed by atoms with E-state index in [2.05, 4.69) is 0 Å². The van der Waals surface area contributed by atoms with Crippen LogP contribution in [0.5, 0.6) is 0 Å². The second-order valence-corrected chi connectivity index (χ2v) is 1.79. The van der Waals surface area contributed by atoms with Crippen molar-refractivity contribution in [2.75, 3.05) is 0 Å². The van der Waals surface area contributed by atoms with Crippen LogP contribution < -0.4 is 0 Å². The van der Waals surface area contributed by atoms with Crippen LogP contribution in [-0.4, -0.2) is 22.2 Å². The van der Waals surface area contributed by atoms with E-state index in [1.165, 1.54) is 0 Å². The normalized spacial score (nSPS) is 11.2. The molecule has 0 aliphatic rings. The van der Waals surface area contributed by atoms with E-state index >= 15 is 0 Å². The van der Waals surface area contributed by atoms with Gasteiger partial charge in [-0.3, -0.25) is 4.79 Å². The molecule has 62 valence electrons. The third kappa shape index (κ3) is 5.07. The van der Waals surface area contributed by atoms with E-state index in [0.29, 0.717) is 0 Å². The summed E-state index contributed by atoms with van der Waals surface area (Å²) < 4.78 is 12.0. The summed E-state index contributed by atoms with van der Waals surface area (Å²) >= 11 is 0. The van der Waals surface area contributed by atoms with E-state index in [9.17, 15) is 14.0 Å². The largest absolute Gasteiger partial charge is 0.481 e. The third-order valence-corrected chi connectivity index (χ3v) is 0.886. The number of carboxylic acids is 2. The lowest BCUT2D eigenvalue weighted by molar-refractivity contribution is -0.137. The average molecular weight is 162 g/mol. The Morgan fingerprint density at radius 2 is 1.91 bits per heavy atom. The zero-order chi connectivity index (χ0) is 8.85. The topological polar surface area (TPSA) is 74.6 Å². The van der Waals surface area contributed by atoms with Gasteiger partial charge < -0.3 is 10.2 Å². The lowest BCUT2D eigenvalue weighted by atomic mass is 10.3. The molecule has 5 heteroatoms. The van der Waals surface area contributed by atoms with E-state index in [0.717, 1.165) is 6.08 Å². The Bertz CT molecular complexity index is 197. The van der Waals surface area contributed by atoms with E-state index in [-0.39, 0.29) is 12.8 Å². The zero-order valence-electron chi connectivity index (χ0n) is 5.58. The number of carboxylic acid groups (broad SMARTS) is 2. The maximum Gasteiger partial charge on any atom is 0.364 e. The van der Waals surface area contributed by atoms with Crippen molar-refractivity contribution in [2.24, 2.45) is 0 Å². The van der Waals surface area contributed by atoms with Gasteiger partial charge in [-0.2, -0.15) is 4.39 Å². The Morgan fingerprint density at radius 1 is 1.36 bits per heavy atom. The van der Waals surface area contributed by atoms with Crippen molar-refractivity contribution < 1.29 is 24.2 Å². The van der Waals surface area contributed by atoms with Gasteiger partial charge in [0, 0.05) is 6.42 Å². The molecule has 0 unspecified atom stereocenters. The summed E-state index contributed by atoms with van der Waals surface area (Å²) in [5.41, 5.74) is 0. The molecule has 11 heavy (non-hydrogen) atoms. The Balaban J connectivity index is 3.74. The number of rotatable bonds is 4. The Kier molecular flexibility index (Phi) is 3.87. The molecule has 0 heterocycles. The highest BCUT2D eigenvalue weighted by Crippen LogP contribution is 2.00. The molecule has 0 aliphatic heterocycles. The van der Waals surface area contributed by atoms with Crippen LogP contribution >= 0.6 is 0 Å². The molecule has 0 saturated carbocycles. The quantitative estimate of drug-likeness (QED) is 0.599. The maximum atomic E-state index is 12.0. The van der Waals surface area contributed by atoms with E-state index in [4.69, 9.17) is 10.2 Å². The number of hydrogen-bond acceptors (Lipinski definition) is 2. The van der Waals surface area contributed by atoms with Gasteiger partial charge in [0.1, 0.15) is 0 Å². The summed E-state index contributed by atoms with van der Waals surface area (Å²) in [6.45, 7) is 0. The number of halogens is 1. The van der Waals surface area contributed by atoms with Crippen LogP contribution in [0.1, 0.15) is 12.8 Å². The summed E-state index contributed by atoms with van der Waals surface area (Å²) in [5, 5.41) is 16.0. The van der Waals surface area contributed by atoms with Crippen LogP contribution in [0.4, 0.5) is 4.39 Å². The molecule has 0 radical (unpaired) electrons. The minimum atomic E-state index is -1.67. The standard InChI is InChI=1S/C6H7FO4/c7-4(6(10)11)2-1-3-5(8)9/h2H,1,3H2,(H,8,9)(H,10,11). The molecule has 0 bridgehead atoms. The van der Waals surface area contributed by atoms with Gasteiger partial charge in [-0.1, -0.05) is 0 Å². The molecule has 0 atom stereocenters. The molecule has 0 aliphatic carbocycles. The van der Waals surface area contributed by atoms with Gasteiger partial charge in [0.15, 0.2) is 0 Å². The fraction of sp³-hybridized carbons (Fsp3) is 0.333. The van der Waals surface area contributed by atoms with Crippen molar-refractivity contribution in [3.8, 4) is 0 Å². The lowest BCUT2D eigenvalue weighted by Gasteiger charge is -1.88. The maximum absolute atomic E-state index is 12.0. The summed E-state index contributed by atoms with van der Waals surface area (Å²) in [6, 6.07) is 0. The van der Waals surface area contributed by atoms with E-state index < -0.39 is 17.8 Å². The first kappa shape index (κ1) is 9.61. The predicted octanol–water partition coefficient (Wildman–Crippen LogP) is 0.789. The van der Waals surface area contributed by atoms with Crippen LogP contribution in [0.25, 0.3) is 0 Å². The van der Waals surface area contributed by atoms with Crippen molar-refractivity contribution in [2.45, 2.75) is 12.8 Å². The highest BCUT2D eigenvalue weighted by molar-refractivity contribution is 5.83. The van der Waals surface area contributed by atoms with Gasteiger partial charge in [0.2, 0.25) is 5.83 Å². The summed E-state index contributed by atoms with van der Waals surface area (Å²) in [7, 11) is 0. The molecule has 0 aromatic heterocycles. The molecule has 0 rings (SSSR count). The molecule has 0 amide bonds. The highest BCUT2D eigenvalue weighted by atomic mass is 19.1. The van der Waals surface area contributed by atoms with Gasteiger partial charge in [-0.25, -0.2) is 4.79 Å². The Morgan fingerprint density at radius 3 is 2.27 bits per heavy atom. The number of allylic oxidation sites excluding steroid dienone is 1. The molecular weight excluding hydrogens is 155 g/mol. The fourth-order valence-electron chi connectivity index (χ4n) is 0.410. The van der Waals surface area contributed by atoms with Crippen molar-refractivity contribution in [3.63, 3.8) is 0 Å². The van der Waals surface area contributed by atoms with Gasteiger partial charge in [-0.15, -0.1) is 0 Å². The first-order valence-corrected chi connectivity index (χ1v) is 2.84. The van der Waals surface area contributed by atoms with Gasteiger partial charge >= 0.3 is 11.9 Å². The molecule has 0 fully saturated rings.